The van der Waals surface area contributed by atoms with E-state index < -0.39 is 5.60 Å². The van der Waals surface area contributed by atoms with Crippen LogP contribution in [0.15, 0.2) is 24.5 Å². The predicted octanol–water partition coefficient (Wildman–Crippen LogP) is 2.04. The summed E-state index contributed by atoms with van der Waals surface area (Å²) in [6.07, 6.45) is 3.18. The highest BCUT2D eigenvalue weighted by Crippen LogP contribution is 2.12. The lowest BCUT2D eigenvalue weighted by Gasteiger charge is -2.27. The minimum atomic E-state index is -0.482. The topological polar surface area (TPSA) is 54.5 Å². The zero-order valence-corrected chi connectivity index (χ0v) is 12.1. The van der Waals surface area contributed by atoms with Gasteiger partial charge < -0.3 is 15.0 Å². The Morgan fingerprint density at radius 2 is 2.21 bits per heavy atom. The summed E-state index contributed by atoms with van der Waals surface area (Å²) in [4.78, 5) is 17.9. The molecular formula is C14H23N3O2. The third kappa shape index (κ3) is 6.20. The molecule has 0 fully saturated rings. The molecule has 1 heterocycles. The summed E-state index contributed by atoms with van der Waals surface area (Å²) in [5, 5.41) is 3.04. The molecule has 0 saturated carbocycles. The SMILES string of the molecule is CNCCN(Cc1cccnc1)C(=O)OC(C)(C)C. The van der Waals surface area contributed by atoms with Gasteiger partial charge >= 0.3 is 6.09 Å². The highest BCUT2D eigenvalue weighted by Gasteiger charge is 2.21. The van der Waals surface area contributed by atoms with Crippen molar-refractivity contribution in [3.63, 3.8) is 0 Å². The molecule has 0 aliphatic carbocycles. The number of carbonyl (C=O) groups is 1. The first-order valence-electron chi connectivity index (χ1n) is 6.44. The number of carbonyl (C=O) groups excluding carboxylic acids is 1. The van der Waals surface area contributed by atoms with Gasteiger partial charge in [-0.2, -0.15) is 0 Å². The molecule has 0 saturated heterocycles. The van der Waals surface area contributed by atoms with Crippen LogP contribution in [0.2, 0.25) is 0 Å². The van der Waals surface area contributed by atoms with E-state index in [-0.39, 0.29) is 6.09 Å². The van der Waals surface area contributed by atoms with E-state index in [1.165, 1.54) is 0 Å². The highest BCUT2D eigenvalue weighted by molar-refractivity contribution is 5.68. The van der Waals surface area contributed by atoms with Crippen molar-refractivity contribution in [3.8, 4) is 0 Å². The first kappa shape index (κ1) is 15.4. The van der Waals surface area contributed by atoms with Crippen LogP contribution in [0.3, 0.4) is 0 Å². The molecule has 1 rings (SSSR count). The molecule has 0 unspecified atom stereocenters. The fourth-order valence-corrected chi connectivity index (χ4v) is 1.52. The molecule has 1 amide bonds. The van der Waals surface area contributed by atoms with Crippen LogP contribution in [-0.4, -0.2) is 41.7 Å². The van der Waals surface area contributed by atoms with Gasteiger partial charge in [-0.15, -0.1) is 0 Å². The van der Waals surface area contributed by atoms with Crippen LogP contribution in [0, 0.1) is 0 Å². The summed E-state index contributed by atoms with van der Waals surface area (Å²) in [6.45, 7) is 7.42. The van der Waals surface area contributed by atoms with Crippen molar-refractivity contribution < 1.29 is 9.53 Å². The van der Waals surface area contributed by atoms with Crippen molar-refractivity contribution in [2.45, 2.75) is 32.9 Å². The van der Waals surface area contributed by atoms with E-state index >= 15 is 0 Å². The lowest BCUT2D eigenvalue weighted by atomic mass is 10.2. The molecule has 1 N–H and O–H groups in total. The van der Waals surface area contributed by atoms with E-state index in [1.807, 2.05) is 40.0 Å². The zero-order valence-electron chi connectivity index (χ0n) is 12.1. The minimum Gasteiger partial charge on any atom is -0.444 e. The van der Waals surface area contributed by atoms with Crippen LogP contribution >= 0.6 is 0 Å². The molecule has 0 aliphatic rings. The summed E-state index contributed by atoms with van der Waals surface area (Å²) in [7, 11) is 1.86. The summed E-state index contributed by atoms with van der Waals surface area (Å²) in [5.74, 6) is 0. The summed E-state index contributed by atoms with van der Waals surface area (Å²) in [6, 6.07) is 3.81. The molecule has 0 bridgehead atoms. The van der Waals surface area contributed by atoms with Gasteiger partial charge in [-0.1, -0.05) is 6.07 Å². The molecule has 1 aromatic rings. The van der Waals surface area contributed by atoms with Gasteiger partial charge in [0.15, 0.2) is 0 Å². The number of nitrogens with one attached hydrogen (secondary N) is 1. The maximum atomic E-state index is 12.1. The molecular weight excluding hydrogens is 242 g/mol. The predicted molar refractivity (Wildman–Crippen MR) is 74.8 cm³/mol. The van der Waals surface area contributed by atoms with E-state index in [9.17, 15) is 4.79 Å². The Kier molecular flexibility index (Phi) is 5.76. The maximum absolute atomic E-state index is 12.1. The summed E-state index contributed by atoms with van der Waals surface area (Å²) >= 11 is 0. The number of aromatic nitrogens is 1. The van der Waals surface area contributed by atoms with Crippen LogP contribution in [0.1, 0.15) is 26.3 Å². The molecule has 19 heavy (non-hydrogen) atoms. The van der Waals surface area contributed by atoms with Gasteiger partial charge in [0.05, 0.1) is 6.54 Å². The van der Waals surface area contributed by atoms with Crippen molar-refractivity contribution in [1.82, 2.24) is 15.2 Å². The van der Waals surface area contributed by atoms with E-state index in [2.05, 4.69) is 10.3 Å². The molecule has 0 spiro atoms. The number of hydrogen-bond acceptors (Lipinski definition) is 4. The number of hydrogen-bond donors (Lipinski definition) is 1. The normalized spacial score (nSPS) is 11.2. The molecule has 5 nitrogen and oxygen atoms in total. The van der Waals surface area contributed by atoms with Crippen LogP contribution in [0.4, 0.5) is 4.79 Å². The third-order valence-electron chi connectivity index (χ3n) is 2.38. The summed E-state index contributed by atoms with van der Waals surface area (Å²) < 4.78 is 5.41. The van der Waals surface area contributed by atoms with Crippen LogP contribution in [0.5, 0.6) is 0 Å². The van der Waals surface area contributed by atoms with Crippen molar-refractivity contribution in [1.29, 1.82) is 0 Å². The van der Waals surface area contributed by atoms with Gasteiger partial charge in [-0.25, -0.2) is 4.79 Å². The standard InChI is InChI=1S/C14H23N3O2/c1-14(2,3)19-13(18)17(9-8-15-4)11-12-6-5-7-16-10-12/h5-7,10,15H,8-9,11H2,1-4H3. The second-order valence-electron chi connectivity index (χ2n) is 5.37. The van der Waals surface area contributed by atoms with Crippen molar-refractivity contribution in [2.24, 2.45) is 0 Å². The molecule has 106 valence electrons. The average molecular weight is 265 g/mol. The number of likely N-dealkylation sites (N-methyl/N-ethyl adjacent to an activating group) is 1. The van der Waals surface area contributed by atoms with Crippen LogP contribution in [0.25, 0.3) is 0 Å². The highest BCUT2D eigenvalue weighted by atomic mass is 16.6. The number of pyridine rings is 1. The average Bonchev–Trinajstić information content (AvgIpc) is 2.33. The van der Waals surface area contributed by atoms with Crippen LogP contribution < -0.4 is 5.32 Å². The monoisotopic (exact) mass is 265 g/mol. The minimum absolute atomic E-state index is 0.299. The number of ether oxygens (including phenoxy) is 1. The number of amides is 1. The lowest BCUT2D eigenvalue weighted by Crippen LogP contribution is -2.39. The number of nitrogens with zero attached hydrogens (tertiary/aromatic N) is 2. The first-order chi connectivity index (χ1) is 8.92. The van der Waals surface area contributed by atoms with Crippen LogP contribution in [-0.2, 0) is 11.3 Å². The van der Waals surface area contributed by atoms with Gasteiger partial charge in [-0.3, -0.25) is 4.98 Å². The number of rotatable bonds is 5. The van der Waals surface area contributed by atoms with Gasteiger partial charge in [0.25, 0.3) is 0 Å². The fraction of sp³-hybridized carbons (Fsp3) is 0.571. The summed E-state index contributed by atoms with van der Waals surface area (Å²) in [5.41, 5.74) is 0.508. The Labute approximate surface area is 115 Å². The Hall–Kier alpha value is -1.62. The Balaban J connectivity index is 2.68. The molecule has 1 aromatic heterocycles. The van der Waals surface area contributed by atoms with Crippen molar-refractivity contribution in [2.75, 3.05) is 20.1 Å². The Morgan fingerprint density at radius 1 is 1.47 bits per heavy atom. The molecule has 0 aromatic carbocycles. The van der Waals surface area contributed by atoms with Gasteiger partial charge in [-0.05, 0) is 39.4 Å². The van der Waals surface area contributed by atoms with E-state index in [0.717, 1.165) is 12.1 Å². The lowest BCUT2D eigenvalue weighted by molar-refractivity contribution is 0.0236. The quantitative estimate of drug-likeness (QED) is 0.885. The van der Waals surface area contributed by atoms with E-state index in [1.54, 1.807) is 17.3 Å². The maximum Gasteiger partial charge on any atom is 0.410 e. The van der Waals surface area contributed by atoms with Crippen molar-refractivity contribution in [3.05, 3.63) is 30.1 Å². The smallest absolute Gasteiger partial charge is 0.410 e. The zero-order chi connectivity index (χ0) is 14.3. The Bertz CT molecular complexity index is 387. The largest absolute Gasteiger partial charge is 0.444 e. The molecule has 0 aliphatic heterocycles. The molecule has 5 heteroatoms. The third-order valence-corrected chi connectivity index (χ3v) is 2.38. The van der Waals surface area contributed by atoms with Gasteiger partial charge in [0.2, 0.25) is 0 Å². The van der Waals surface area contributed by atoms with Gasteiger partial charge in [0, 0.05) is 25.5 Å². The first-order valence-corrected chi connectivity index (χ1v) is 6.44. The Morgan fingerprint density at radius 3 is 2.74 bits per heavy atom. The second-order valence-corrected chi connectivity index (χ2v) is 5.37. The fourth-order valence-electron chi connectivity index (χ4n) is 1.52. The molecule has 0 radical (unpaired) electrons. The van der Waals surface area contributed by atoms with E-state index in [4.69, 9.17) is 4.74 Å². The molecule has 0 atom stereocenters. The van der Waals surface area contributed by atoms with Crippen molar-refractivity contribution >= 4 is 6.09 Å². The van der Waals surface area contributed by atoms with E-state index in [0.29, 0.717) is 13.1 Å². The van der Waals surface area contributed by atoms with Gasteiger partial charge in [0.1, 0.15) is 5.60 Å². The second kappa shape index (κ2) is 7.09.